The number of rotatable bonds is 6. The normalized spacial score (nSPS) is 15.4. The van der Waals surface area contributed by atoms with Crippen LogP contribution in [0.1, 0.15) is 10.5 Å². The maximum atomic E-state index is 11.7. The minimum Gasteiger partial charge on any atom is -0.505 e. The van der Waals surface area contributed by atoms with Crippen LogP contribution >= 0.6 is 11.6 Å². The molecule has 1 fully saturated rings. The third kappa shape index (κ3) is 4.70. The molecule has 0 radical (unpaired) electrons. The predicted molar refractivity (Wildman–Crippen MR) is 85.2 cm³/mol. The van der Waals surface area contributed by atoms with E-state index in [2.05, 4.69) is 20.1 Å². The Kier molecular flexibility index (Phi) is 6.00. The number of amides is 1. The van der Waals surface area contributed by atoms with Crippen LogP contribution in [0.15, 0.2) is 12.3 Å². The number of anilines is 1. The van der Waals surface area contributed by atoms with Crippen molar-refractivity contribution in [2.75, 3.05) is 50.0 Å². The van der Waals surface area contributed by atoms with Gasteiger partial charge in [0.2, 0.25) is 0 Å². The number of nitrogens with one attached hydrogen (secondary N) is 1. The van der Waals surface area contributed by atoms with Gasteiger partial charge in [0.25, 0.3) is 5.91 Å². The van der Waals surface area contributed by atoms with E-state index in [-0.39, 0.29) is 11.4 Å². The second-order valence-corrected chi connectivity index (χ2v) is 5.53. The van der Waals surface area contributed by atoms with Crippen LogP contribution in [0.4, 0.5) is 5.69 Å². The number of hydrogen-bond donors (Lipinski definition) is 3. The van der Waals surface area contributed by atoms with Crippen molar-refractivity contribution in [3.05, 3.63) is 18.0 Å². The molecule has 0 spiro atoms. The number of hydrogen-bond acceptors (Lipinski definition) is 6. The van der Waals surface area contributed by atoms with Gasteiger partial charge in [-0.3, -0.25) is 14.5 Å². The summed E-state index contributed by atoms with van der Waals surface area (Å²) in [6.45, 7) is 3.62. The van der Waals surface area contributed by atoms with Crippen LogP contribution in [0.5, 0.6) is 5.75 Å². The lowest BCUT2D eigenvalue weighted by Gasteiger charge is -2.35. The third-order valence-corrected chi connectivity index (χ3v) is 3.78. The van der Waals surface area contributed by atoms with Crippen molar-refractivity contribution in [1.82, 2.24) is 15.2 Å². The number of carbonyl (C=O) groups is 2. The Morgan fingerprint density at radius 2 is 2.00 bits per heavy atom. The summed E-state index contributed by atoms with van der Waals surface area (Å²) < 4.78 is 0. The van der Waals surface area contributed by atoms with Gasteiger partial charge in [0.05, 0.1) is 11.9 Å². The summed E-state index contributed by atoms with van der Waals surface area (Å²) in [4.78, 5) is 30.5. The lowest BCUT2D eigenvalue weighted by Crippen LogP contribution is -2.47. The van der Waals surface area contributed by atoms with Gasteiger partial charge in [-0.2, -0.15) is 0 Å². The molecular formula is C14H19ClN4O4. The van der Waals surface area contributed by atoms with E-state index >= 15 is 0 Å². The number of aromatic nitrogens is 1. The number of pyridine rings is 1. The second-order valence-electron chi connectivity index (χ2n) is 5.16. The van der Waals surface area contributed by atoms with Crippen molar-refractivity contribution in [2.24, 2.45) is 0 Å². The van der Waals surface area contributed by atoms with Crippen molar-refractivity contribution >= 4 is 29.2 Å². The summed E-state index contributed by atoms with van der Waals surface area (Å²) in [5, 5.41) is 20.7. The van der Waals surface area contributed by atoms with Crippen LogP contribution in [0.2, 0.25) is 0 Å². The molecule has 0 aliphatic carbocycles. The lowest BCUT2D eigenvalue weighted by atomic mass is 10.2. The van der Waals surface area contributed by atoms with Crippen molar-refractivity contribution in [1.29, 1.82) is 0 Å². The van der Waals surface area contributed by atoms with Crippen LogP contribution in [0, 0.1) is 0 Å². The molecule has 2 heterocycles. The number of carbonyl (C=O) groups excluding carboxylic acids is 1. The maximum Gasteiger partial charge on any atom is 0.322 e. The van der Waals surface area contributed by atoms with Gasteiger partial charge < -0.3 is 20.4 Å². The van der Waals surface area contributed by atoms with Crippen molar-refractivity contribution in [2.45, 2.75) is 0 Å². The van der Waals surface area contributed by atoms with Gasteiger partial charge in [-0.15, -0.1) is 11.6 Å². The highest BCUT2D eigenvalue weighted by Crippen LogP contribution is 2.23. The van der Waals surface area contributed by atoms with Crippen molar-refractivity contribution in [3.63, 3.8) is 0 Å². The van der Waals surface area contributed by atoms with E-state index in [0.29, 0.717) is 5.88 Å². The fourth-order valence-electron chi connectivity index (χ4n) is 2.38. The Morgan fingerprint density at radius 3 is 2.57 bits per heavy atom. The summed E-state index contributed by atoms with van der Waals surface area (Å²) in [5.74, 6) is -1.55. The number of nitrogens with zero attached hydrogens (tertiary/aromatic N) is 3. The summed E-state index contributed by atoms with van der Waals surface area (Å²) in [5.41, 5.74) is 0.540. The summed E-state index contributed by atoms with van der Waals surface area (Å²) in [6.07, 6.45) is 1.51. The standard InChI is InChI=1S/C14H19ClN4O4/c15-1-2-18-3-5-19(6-4-18)10-7-11(20)13(16-8-10)14(23)17-9-12(21)22/h7-8,20H,1-6,9H2,(H,17,23)(H,21,22). The average molecular weight is 343 g/mol. The van der Waals surface area contributed by atoms with Crippen LogP contribution < -0.4 is 10.2 Å². The minimum atomic E-state index is -1.16. The molecule has 1 saturated heterocycles. The highest BCUT2D eigenvalue weighted by molar-refractivity contribution is 6.18. The van der Waals surface area contributed by atoms with Gasteiger partial charge in [-0.05, 0) is 0 Å². The molecule has 1 aliphatic rings. The number of piperazine rings is 1. The van der Waals surface area contributed by atoms with Gasteiger partial charge in [0.1, 0.15) is 12.3 Å². The molecular weight excluding hydrogens is 324 g/mol. The SMILES string of the molecule is O=C(O)CNC(=O)c1ncc(N2CCN(CCCl)CC2)cc1O. The van der Waals surface area contributed by atoms with Gasteiger partial charge in [-0.25, -0.2) is 4.98 Å². The van der Waals surface area contributed by atoms with E-state index in [0.717, 1.165) is 38.4 Å². The van der Waals surface area contributed by atoms with Gasteiger partial charge in [0, 0.05) is 44.7 Å². The lowest BCUT2D eigenvalue weighted by molar-refractivity contribution is -0.135. The van der Waals surface area contributed by atoms with Gasteiger partial charge >= 0.3 is 5.97 Å². The highest BCUT2D eigenvalue weighted by Gasteiger charge is 2.20. The molecule has 1 aliphatic heterocycles. The Hall–Kier alpha value is -2.06. The number of carboxylic acid groups (broad SMARTS) is 1. The number of halogens is 1. The third-order valence-electron chi connectivity index (χ3n) is 3.61. The molecule has 126 valence electrons. The molecule has 0 saturated carbocycles. The van der Waals surface area contributed by atoms with Gasteiger partial charge in [-0.1, -0.05) is 0 Å². The number of aromatic hydroxyl groups is 1. The Balaban J connectivity index is 1.99. The Morgan fingerprint density at radius 1 is 1.30 bits per heavy atom. The summed E-state index contributed by atoms with van der Waals surface area (Å²) >= 11 is 5.73. The first-order chi connectivity index (χ1) is 11.0. The zero-order chi connectivity index (χ0) is 16.8. The topological polar surface area (TPSA) is 106 Å². The van der Waals surface area contributed by atoms with E-state index in [9.17, 15) is 14.7 Å². The van der Waals surface area contributed by atoms with E-state index in [1.165, 1.54) is 12.3 Å². The molecule has 8 nitrogen and oxygen atoms in total. The smallest absolute Gasteiger partial charge is 0.322 e. The summed E-state index contributed by atoms with van der Waals surface area (Å²) in [7, 11) is 0. The molecule has 1 amide bonds. The molecule has 9 heteroatoms. The zero-order valence-corrected chi connectivity index (χ0v) is 13.3. The maximum absolute atomic E-state index is 11.7. The predicted octanol–water partition coefficient (Wildman–Crippen LogP) is -0.0376. The monoisotopic (exact) mass is 342 g/mol. The first kappa shape index (κ1) is 17.3. The first-order valence-electron chi connectivity index (χ1n) is 7.23. The molecule has 0 unspecified atom stereocenters. The molecule has 1 aromatic rings. The molecule has 0 atom stereocenters. The Labute approximate surface area is 138 Å². The fourth-order valence-corrected chi connectivity index (χ4v) is 2.62. The molecule has 0 aromatic carbocycles. The molecule has 23 heavy (non-hydrogen) atoms. The number of alkyl halides is 1. The highest BCUT2D eigenvalue weighted by atomic mass is 35.5. The molecule has 3 N–H and O–H groups in total. The Bertz CT molecular complexity index is 576. The first-order valence-corrected chi connectivity index (χ1v) is 7.77. The van der Waals surface area contributed by atoms with E-state index in [1.54, 1.807) is 0 Å². The van der Waals surface area contributed by atoms with Gasteiger partial charge in [0.15, 0.2) is 5.69 Å². The molecule has 0 bridgehead atoms. The van der Waals surface area contributed by atoms with Crippen LogP contribution in [0.25, 0.3) is 0 Å². The van der Waals surface area contributed by atoms with E-state index < -0.39 is 18.4 Å². The summed E-state index contributed by atoms with van der Waals surface area (Å²) in [6, 6.07) is 1.47. The second kappa shape index (κ2) is 7.98. The van der Waals surface area contributed by atoms with Crippen LogP contribution in [-0.4, -0.2) is 77.1 Å². The average Bonchev–Trinajstić information content (AvgIpc) is 2.53. The molecule has 1 aromatic heterocycles. The van der Waals surface area contributed by atoms with Crippen LogP contribution in [-0.2, 0) is 4.79 Å². The van der Waals surface area contributed by atoms with E-state index in [4.69, 9.17) is 16.7 Å². The van der Waals surface area contributed by atoms with E-state index in [1.807, 2.05) is 0 Å². The quantitative estimate of drug-likeness (QED) is 0.623. The number of carboxylic acids is 1. The molecule has 2 rings (SSSR count). The van der Waals surface area contributed by atoms with Crippen molar-refractivity contribution in [3.8, 4) is 5.75 Å². The zero-order valence-electron chi connectivity index (χ0n) is 12.5. The van der Waals surface area contributed by atoms with Crippen LogP contribution in [0.3, 0.4) is 0 Å². The van der Waals surface area contributed by atoms with Crippen molar-refractivity contribution < 1.29 is 19.8 Å². The largest absolute Gasteiger partial charge is 0.505 e. The number of aliphatic carboxylic acids is 1. The minimum absolute atomic E-state index is 0.184. The fraction of sp³-hybridized carbons (Fsp3) is 0.500.